The minimum absolute atomic E-state index is 0. The van der Waals surface area contributed by atoms with Gasteiger partial charge >= 0.3 is 0 Å². The average molecular weight is 426 g/mol. The number of aliphatic imine (C=N–C) groups is 1. The number of nitrogens with one attached hydrogen (secondary N) is 2. The summed E-state index contributed by atoms with van der Waals surface area (Å²) in [6.45, 7) is 12.8. The fraction of sp³-hybridized carbons (Fsp3) is 0.938. The van der Waals surface area contributed by atoms with E-state index in [-0.39, 0.29) is 35.1 Å². The molecule has 1 aliphatic heterocycles. The Kier molecular flexibility index (Phi) is 9.89. The van der Waals surface area contributed by atoms with E-state index in [1.54, 1.807) is 7.11 Å². The van der Waals surface area contributed by atoms with E-state index < -0.39 is 0 Å². The summed E-state index contributed by atoms with van der Waals surface area (Å²) in [5, 5.41) is 6.78. The lowest BCUT2D eigenvalue weighted by molar-refractivity contribution is 0.0267. The molecule has 22 heavy (non-hydrogen) atoms. The van der Waals surface area contributed by atoms with E-state index in [2.05, 4.69) is 48.2 Å². The monoisotopic (exact) mass is 426 g/mol. The highest BCUT2D eigenvalue weighted by molar-refractivity contribution is 14.0. The molecular weight excluding hydrogens is 391 g/mol. The lowest BCUT2D eigenvalue weighted by Gasteiger charge is -2.41. The number of halogens is 1. The van der Waals surface area contributed by atoms with E-state index in [0.717, 1.165) is 19.0 Å². The standard InChI is InChI=1S/C16H34N4O.HI/c1-15(2,20-10-8-7-9-11-20)12-18-14(17-5)19-13-16(3,4)21-6;/h7-13H2,1-6H3,(H2,17,18,19);1H. The quantitative estimate of drug-likeness (QED) is 0.389. The molecule has 0 atom stereocenters. The van der Waals surface area contributed by atoms with Gasteiger partial charge in [-0.15, -0.1) is 24.0 Å². The molecule has 2 N–H and O–H groups in total. The van der Waals surface area contributed by atoms with E-state index in [1.165, 1.54) is 32.4 Å². The summed E-state index contributed by atoms with van der Waals surface area (Å²) in [5.74, 6) is 0.838. The number of guanidine groups is 1. The maximum absolute atomic E-state index is 5.42. The topological polar surface area (TPSA) is 48.9 Å². The first-order chi connectivity index (χ1) is 9.80. The predicted octanol–water partition coefficient (Wildman–Crippen LogP) is 2.46. The SMILES string of the molecule is CN=C(NCC(C)(C)OC)NCC(C)(C)N1CCCCC1.I. The zero-order valence-corrected chi connectivity index (χ0v) is 17.5. The van der Waals surface area contributed by atoms with Gasteiger partial charge in [0.1, 0.15) is 0 Å². The summed E-state index contributed by atoms with van der Waals surface area (Å²) < 4.78 is 5.42. The minimum Gasteiger partial charge on any atom is -0.377 e. The van der Waals surface area contributed by atoms with Gasteiger partial charge in [0.05, 0.1) is 5.60 Å². The first-order valence-electron chi connectivity index (χ1n) is 8.05. The molecule has 1 heterocycles. The van der Waals surface area contributed by atoms with E-state index in [4.69, 9.17) is 4.74 Å². The molecule has 0 radical (unpaired) electrons. The van der Waals surface area contributed by atoms with Crippen LogP contribution in [0.2, 0.25) is 0 Å². The Hall–Kier alpha value is -0.0800. The molecule has 0 amide bonds. The van der Waals surface area contributed by atoms with Crippen molar-refractivity contribution in [1.82, 2.24) is 15.5 Å². The smallest absolute Gasteiger partial charge is 0.191 e. The summed E-state index contributed by atoms with van der Waals surface area (Å²) in [4.78, 5) is 6.87. The lowest BCUT2D eigenvalue weighted by Crippen LogP contribution is -2.55. The number of rotatable bonds is 6. The van der Waals surface area contributed by atoms with Gasteiger partial charge in [0.25, 0.3) is 0 Å². The van der Waals surface area contributed by atoms with Gasteiger partial charge in [-0.25, -0.2) is 0 Å². The molecule has 0 bridgehead atoms. The number of hydrogen-bond donors (Lipinski definition) is 2. The number of methoxy groups -OCH3 is 1. The number of hydrogen-bond acceptors (Lipinski definition) is 3. The summed E-state index contributed by atoms with van der Waals surface area (Å²) in [6, 6.07) is 0. The molecule has 1 aliphatic rings. The third-order valence-electron chi connectivity index (χ3n) is 4.36. The molecule has 0 aliphatic carbocycles. The van der Waals surface area contributed by atoms with Gasteiger partial charge in [-0.2, -0.15) is 0 Å². The van der Waals surface area contributed by atoms with Crippen molar-refractivity contribution in [2.24, 2.45) is 4.99 Å². The normalized spacial score (nSPS) is 17.8. The Bertz CT molecular complexity index is 339. The van der Waals surface area contributed by atoms with Crippen molar-refractivity contribution in [3.05, 3.63) is 0 Å². The highest BCUT2D eigenvalue weighted by Gasteiger charge is 2.28. The molecule has 1 rings (SSSR count). The van der Waals surface area contributed by atoms with E-state index in [0.29, 0.717) is 0 Å². The number of nitrogens with zero attached hydrogens (tertiary/aromatic N) is 2. The van der Waals surface area contributed by atoms with Crippen LogP contribution in [0.5, 0.6) is 0 Å². The molecular formula is C16H35IN4O. The van der Waals surface area contributed by atoms with Crippen LogP contribution >= 0.6 is 24.0 Å². The van der Waals surface area contributed by atoms with Crippen LogP contribution in [-0.4, -0.2) is 62.3 Å². The Morgan fingerprint density at radius 2 is 1.59 bits per heavy atom. The molecule has 1 saturated heterocycles. The molecule has 0 unspecified atom stereocenters. The fourth-order valence-electron chi connectivity index (χ4n) is 2.50. The van der Waals surface area contributed by atoms with Gasteiger partial charge in [-0.05, 0) is 53.6 Å². The van der Waals surface area contributed by atoms with Crippen LogP contribution in [-0.2, 0) is 4.74 Å². The van der Waals surface area contributed by atoms with Crippen molar-refractivity contribution in [2.45, 2.75) is 58.1 Å². The zero-order chi connectivity index (χ0) is 15.9. The van der Waals surface area contributed by atoms with E-state index >= 15 is 0 Å². The van der Waals surface area contributed by atoms with E-state index in [1.807, 2.05) is 7.05 Å². The van der Waals surface area contributed by atoms with Crippen LogP contribution in [0.1, 0.15) is 47.0 Å². The maximum Gasteiger partial charge on any atom is 0.191 e. The summed E-state index contributed by atoms with van der Waals surface area (Å²) >= 11 is 0. The number of ether oxygens (including phenoxy) is 1. The third kappa shape index (κ3) is 7.46. The molecule has 0 saturated carbocycles. The van der Waals surface area contributed by atoms with Crippen LogP contribution in [0, 0.1) is 0 Å². The van der Waals surface area contributed by atoms with Crippen LogP contribution in [0.15, 0.2) is 4.99 Å². The second-order valence-electron chi connectivity index (χ2n) is 7.10. The van der Waals surface area contributed by atoms with Gasteiger partial charge in [-0.1, -0.05) is 6.42 Å². The van der Waals surface area contributed by atoms with Crippen LogP contribution in [0.3, 0.4) is 0 Å². The second kappa shape index (κ2) is 9.93. The number of likely N-dealkylation sites (tertiary alicyclic amines) is 1. The van der Waals surface area contributed by atoms with Gasteiger partial charge < -0.3 is 15.4 Å². The molecule has 1 fully saturated rings. The minimum atomic E-state index is -0.194. The van der Waals surface area contributed by atoms with Crippen molar-refractivity contribution >= 4 is 29.9 Å². The Morgan fingerprint density at radius 1 is 1.05 bits per heavy atom. The van der Waals surface area contributed by atoms with Gasteiger partial charge in [0.15, 0.2) is 5.96 Å². The molecule has 5 nitrogen and oxygen atoms in total. The second-order valence-corrected chi connectivity index (χ2v) is 7.10. The molecule has 0 aromatic heterocycles. The molecule has 0 spiro atoms. The summed E-state index contributed by atoms with van der Waals surface area (Å²) in [7, 11) is 3.54. The Labute approximate surface area is 153 Å². The Morgan fingerprint density at radius 3 is 2.09 bits per heavy atom. The van der Waals surface area contributed by atoms with Gasteiger partial charge in [0, 0.05) is 32.8 Å². The number of piperidine rings is 1. The highest BCUT2D eigenvalue weighted by Crippen LogP contribution is 2.19. The van der Waals surface area contributed by atoms with Crippen molar-refractivity contribution in [1.29, 1.82) is 0 Å². The van der Waals surface area contributed by atoms with Crippen molar-refractivity contribution in [3.63, 3.8) is 0 Å². The molecule has 0 aromatic carbocycles. The molecule has 0 aromatic rings. The fourth-order valence-corrected chi connectivity index (χ4v) is 2.50. The first-order valence-corrected chi connectivity index (χ1v) is 8.05. The van der Waals surface area contributed by atoms with Crippen molar-refractivity contribution in [2.75, 3.05) is 40.3 Å². The van der Waals surface area contributed by atoms with Crippen molar-refractivity contribution < 1.29 is 4.74 Å². The maximum atomic E-state index is 5.42. The molecule has 132 valence electrons. The lowest BCUT2D eigenvalue weighted by atomic mass is 9.98. The summed E-state index contributed by atoms with van der Waals surface area (Å²) in [5.41, 5.74) is -0.0468. The Balaban J connectivity index is 0.00000441. The van der Waals surface area contributed by atoms with Crippen molar-refractivity contribution in [3.8, 4) is 0 Å². The predicted molar refractivity (Wildman–Crippen MR) is 105 cm³/mol. The zero-order valence-electron chi connectivity index (χ0n) is 15.2. The van der Waals surface area contributed by atoms with Crippen LogP contribution in [0.25, 0.3) is 0 Å². The largest absolute Gasteiger partial charge is 0.377 e. The van der Waals surface area contributed by atoms with Crippen LogP contribution in [0.4, 0.5) is 0 Å². The summed E-state index contributed by atoms with van der Waals surface area (Å²) in [6.07, 6.45) is 4.01. The van der Waals surface area contributed by atoms with Gasteiger partial charge in [-0.3, -0.25) is 9.89 Å². The third-order valence-corrected chi connectivity index (χ3v) is 4.36. The van der Waals surface area contributed by atoms with E-state index in [9.17, 15) is 0 Å². The average Bonchev–Trinajstić information content (AvgIpc) is 2.48. The molecule has 6 heteroatoms. The van der Waals surface area contributed by atoms with Crippen LogP contribution < -0.4 is 10.6 Å². The highest BCUT2D eigenvalue weighted by atomic mass is 127. The van der Waals surface area contributed by atoms with Gasteiger partial charge in [0.2, 0.25) is 0 Å². The first kappa shape index (κ1) is 21.9.